The Morgan fingerprint density at radius 2 is 1.86 bits per heavy atom. The lowest BCUT2D eigenvalue weighted by Crippen LogP contribution is -2.51. The zero-order valence-electron chi connectivity index (χ0n) is 19.1. The normalized spacial score (nSPS) is 21.5. The third-order valence-corrected chi connectivity index (χ3v) is 7.63. The van der Waals surface area contributed by atoms with Gasteiger partial charge in [0.2, 0.25) is 0 Å². The smallest absolute Gasteiger partial charge is 0.255 e. The summed E-state index contributed by atoms with van der Waals surface area (Å²) in [5, 5.41) is 35.5. The topological polar surface area (TPSA) is 110 Å². The molecule has 4 rings (SSSR count). The van der Waals surface area contributed by atoms with Crippen LogP contribution in [0.1, 0.15) is 36.4 Å². The Balaban J connectivity index is 1.26. The molecule has 1 fully saturated rings. The average molecular weight is 501 g/mol. The van der Waals surface area contributed by atoms with Gasteiger partial charge in [-0.25, -0.2) is 4.39 Å². The Bertz CT molecular complexity index is 1090. The van der Waals surface area contributed by atoms with Crippen LogP contribution < -0.4 is 5.32 Å². The number of nitrogens with zero attached hydrogens (tertiary/aromatic N) is 1. The fraction of sp³-hybridized carbons (Fsp3) is 0.385. The van der Waals surface area contributed by atoms with Crippen LogP contribution in [0.25, 0.3) is 0 Å². The van der Waals surface area contributed by atoms with Crippen molar-refractivity contribution in [1.82, 2.24) is 10.2 Å². The SMILES string of the molecule is O=C(NCC1CC(Cc2ccccc2O)=CS1)[C@H](O)[C@@H](O)C(=O)N1CCCC1c1ccc(F)cc1. The number of carbonyl (C=O) groups excluding carboxylic acids is 2. The molecule has 0 aromatic heterocycles. The molecular formula is C26H29FN2O5S. The monoisotopic (exact) mass is 500 g/mol. The number of benzene rings is 2. The molecule has 4 N–H and O–H groups in total. The number of aliphatic hydroxyl groups excluding tert-OH is 2. The first-order valence-electron chi connectivity index (χ1n) is 11.6. The van der Waals surface area contributed by atoms with Gasteiger partial charge in [-0.05, 0) is 60.4 Å². The van der Waals surface area contributed by atoms with Crippen molar-refractivity contribution in [3.05, 3.63) is 76.5 Å². The number of amides is 2. The summed E-state index contributed by atoms with van der Waals surface area (Å²) in [5.74, 6) is -1.66. The molecule has 186 valence electrons. The number of thioether (sulfide) groups is 1. The standard InChI is InChI=1S/C26H29FN2O5S/c27-19-9-7-17(8-10-19)21-5-3-11-29(21)26(34)24(32)23(31)25(33)28-14-20-13-16(15-35-20)12-18-4-1-2-6-22(18)30/h1-2,4,6-10,15,20-21,23-24,30-32H,3,5,11-14H2,(H,28,33)/t20?,21?,23-,24-/m1/s1. The summed E-state index contributed by atoms with van der Waals surface area (Å²) >= 11 is 1.56. The van der Waals surface area contributed by atoms with Crippen LogP contribution in [0.15, 0.2) is 59.5 Å². The summed E-state index contributed by atoms with van der Waals surface area (Å²) in [4.78, 5) is 26.8. The van der Waals surface area contributed by atoms with E-state index in [1.54, 1.807) is 36.0 Å². The van der Waals surface area contributed by atoms with Gasteiger partial charge < -0.3 is 25.5 Å². The van der Waals surface area contributed by atoms with Crippen molar-refractivity contribution >= 4 is 23.6 Å². The fourth-order valence-corrected chi connectivity index (χ4v) is 5.60. The van der Waals surface area contributed by atoms with Crippen LogP contribution in [0.2, 0.25) is 0 Å². The van der Waals surface area contributed by atoms with E-state index in [0.717, 1.165) is 16.7 Å². The van der Waals surface area contributed by atoms with Crippen molar-refractivity contribution in [3.63, 3.8) is 0 Å². The molecule has 35 heavy (non-hydrogen) atoms. The number of allylic oxidation sites excluding steroid dienone is 1. The van der Waals surface area contributed by atoms with Gasteiger partial charge in [-0.1, -0.05) is 35.9 Å². The molecule has 4 atom stereocenters. The van der Waals surface area contributed by atoms with E-state index < -0.39 is 24.0 Å². The third kappa shape index (κ3) is 6.04. The number of rotatable bonds is 8. The molecule has 2 aliphatic heterocycles. The lowest BCUT2D eigenvalue weighted by molar-refractivity contribution is -0.153. The third-order valence-electron chi connectivity index (χ3n) is 6.44. The highest BCUT2D eigenvalue weighted by Crippen LogP contribution is 2.34. The van der Waals surface area contributed by atoms with Crippen molar-refractivity contribution in [2.24, 2.45) is 0 Å². The van der Waals surface area contributed by atoms with Crippen molar-refractivity contribution in [3.8, 4) is 5.75 Å². The number of halogens is 1. The minimum absolute atomic E-state index is 0.0567. The van der Waals surface area contributed by atoms with Gasteiger partial charge in [-0.2, -0.15) is 0 Å². The highest BCUT2D eigenvalue weighted by Gasteiger charge is 2.38. The predicted molar refractivity (Wildman–Crippen MR) is 131 cm³/mol. The minimum Gasteiger partial charge on any atom is -0.508 e. The predicted octanol–water partition coefficient (Wildman–Crippen LogP) is 2.66. The second kappa shape index (κ2) is 11.2. The average Bonchev–Trinajstić information content (AvgIpc) is 3.53. The van der Waals surface area contributed by atoms with E-state index >= 15 is 0 Å². The number of nitrogens with one attached hydrogen (secondary N) is 1. The molecule has 2 heterocycles. The van der Waals surface area contributed by atoms with Crippen molar-refractivity contribution in [1.29, 1.82) is 0 Å². The maximum absolute atomic E-state index is 13.3. The van der Waals surface area contributed by atoms with E-state index in [1.807, 2.05) is 17.5 Å². The van der Waals surface area contributed by atoms with E-state index in [1.165, 1.54) is 17.0 Å². The molecular weight excluding hydrogens is 471 g/mol. The van der Waals surface area contributed by atoms with E-state index in [-0.39, 0.29) is 29.4 Å². The van der Waals surface area contributed by atoms with Gasteiger partial charge in [0.15, 0.2) is 12.2 Å². The Hall–Kier alpha value is -2.88. The summed E-state index contributed by atoms with van der Waals surface area (Å²) in [5.41, 5.74) is 2.71. The van der Waals surface area contributed by atoms with Crippen LogP contribution in [0.3, 0.4) is 0 Å². The number of hydrogen-bond acceptors (Lipinski definition) is 6. The molecule has 7 nitrogen and oxygen atoms in total. The highest BCUT2D eigenvalue weighted by molar-refractivity contribution is 8.03. The Labute approximate surface area is 207 Å². The summed E-state index contributed by atoms with van der Waals surface area (Å²) in [6.45, 7) is 0.653. The molecule has 9 heteroatoms. The Morgan fingerprint density at radius 1 is 1.11 bits per heavy atom. The number of carbonyl (C=O) groups is 2. The Kier molecular flexibility index (Phi) is 8.10. The lowest BCUT2D eigenvalue weighted by atomic mass is 10.0. The molecule has 2 aromatic rings. The van der Waals surface area contributed by atoms with Gasteiger partial charge >= 0.3 is 0 Å². The van der Waals surface area contributed by atoms with Crippen molar-refractivity contribution in [2.45, 2.75) is 49.2 Å². The number of phenolic OH excluding ortho intramolecular Hbond substituents is 1. The van der Waals surface area contributed by atoms with E-state index in [0.29, 0.717) is 32.2 Å². The molecule has 0 bridgehead atoms. The molecule has 0 aliphatic carbocycles. The van der Waals surface area contributed by atoms with Crippen LogP contribution in [-0.4, -0.2) is 62.6 Å². The number of likely N-dealkylation sites (tertiary alicyclic amines) is 1. The van der Waals surface area contributed by atoms with Crippen LogP contribution >= 0.6 is 11.8 Å². The first-order chi connectivity index (χ1) is 16.8. The number of aromatic hydroxyl groups is 1. The highest BCUT2D eigenvalue weighted by atomic mass is 32.2. The molecule has 0 radical (unpaired) electrons. The quantitative estimate of drug-likeness (QED) is 0.444. The number of phenols is 1. The number of hydrogen-bond donors (Lipinski definition) is 4. The van der Waals surface area contributed by atoms with E-state index in [4.69, 9.17) is 0 Å². The molecule has 2 aromatic carbocycles. The second-order valence-electron chi connectivity index (χ2n) is 8.92. The number of para-hydroxylation sites is 1. The fourth-order valence-electron chi connectivity index (χ4n) is 4.55. The van der Waals surface area contributed by atoms with Gasteiger partial charge in [0.25, 0.3) is 11.8 Å². The van der Waals surface area contributed by atoms with Crippen LogP contribution in [0.5, 0.6) is 5.75 Å². The molecule has 1 saturated heterocycles. The van der Waals surface area contributed by atoms with Gasteiger partial charge in [0.1, 0.15) is 11.6 Å². The zero-order chi connectivity index (χ0) is 24.9. The molecule has 2 unspecified atom stereocenters. The minimum atomic E-state index is -1.89. The Morgan fingerprint density at radius 3 is 2.60 bits per heavy atom. The van der Waals surface area contributed by atoms with Crippen LogP contribution in [0.4, 0.5) is 4.39 Å². The van der Waals surface area contributed by atoms with Gasteiger partial charge in [-0.15, -0.1) is 11.8 Å². The van der Waals surface area contributed by atoms with E-state index in [9.17, 15) is 29.3 Å². The van der Waals surface area contributed by atoms with Crippen LogP contribution in [-0.2, 0) is 16.0 Å². The molecule has 2 amide bonds. The summed E-state index contributed by atoms with van der Waals surface area (Å²) in [6.07, 6.45) is -1.09. The summed E-state index contributed by atoms with van der Waals surface area (Å²) < 4.78 is 13.3. The molecule has 0 saturated carbocycles. The maximum atomic E-state index is 13.3. The van der Waals surface area contributed by atoms with Gasteiger partial charge in [0.05, 0.1) is 6.04 Å². The second-order valence-corrected chi connectivity index (χ2v) is 10.1. The van der Waals surface area contributed by atoms with Gasteiger partial charge in [0, 0.05) is 18.3 Å². The van der Waals surface area contributed by atoms with Crippen molar-refractivity contribution in [2.75, 3.05) is 13.1 Å². The molecule has 0 spiro atoms. The zero-order valence-corrected chi connectivity index (χ0v) is 20.0. The van der Waals surface area contributed by atoms with Gasteiger partial charge in [-0.3, -0.25) is 9.59 Å². The summed E-state index contributed by atoms with van der Waals surface area (Å²) in [7, 11) is 0. The first kappa shape index (κ1) is 25.2. The summed E-state index contributed by atoms with van der Waals surface area (Å²) in [6, 6.07) is 12.6. The molecule has 2 aliphatic rings. The number of aliphatic hydroxyl groups is 2. The van der Waals surface area contributed by atoms with E-state index in [2.05, 4.69) is 5.32 Å². The van der Waals surface area contributed by atoms with Crippen molar-refractivity contribution < 1.29 is 29.3 Å². The lowest BCUT2D eigenvalue weighted by Gasteiger charge is -2.28. The van der Waals surface area contributed by atoms with Crippen LogP contribution in [0, 0.1) is 5.82 Å². The maximum Gasteiger partial charge on any atom is 0.255 e. The first-order valence-corrected chi connectivity index (χ1v) is 12.6. The largest absolute Gasteiger partial charge is 0.508 e.